The number of rotatable bonds is 3. The second-order valence-corrected chi connectivity index (χ2v) is 6.64. The van der Waals surface area contributed by atoms with Crippen molar-refractivity contribution < 1.29 is 9.18 Å². The van der Waals surface area contributed by atoms with Crippen molar-refractivity contribution in [1.29, 1.82) is 0 Å². The Labute approximate surface area is 140 Å². The molecule has 0 spiro atoms. The lowest BCUT2D eigenvalue weighted by Gasteiger charge is -2.31. The molecule has 1 fully saturated rings. The molecule has 1 amide bonds. The predicted octanol–water partition coefficient (Wildman–Crippen LogP) is 3.11. The molecule has 122 valence electrons. The van der Waals surface area contributed by atoms with E-state index in [1.54, 1.807) is 12.1 Å². The number of carbonyl (C=O) groups excluding carboxylic acids is 1. The number of primary amides is 1. The van der Waals surface area contributed by atoms with Crippen molar-refractivity contribution in [2.75, 3.05) is 13.1 Å². The molecule has 1 aromatic carbocycles. The predicted molar refractivity (Wildman–Crippen MR) is 89.8 cm³/mol. The molecule has 3 atom stereocenters. The maximum Gasteiger partial charge on any atom is 0.228 e. The van der Waals surface area contributed by atoms with Crippen molar-refractivity contribution in [1.82, 2.24) is 5.32 Å². The number of alkyl halides is 1. The Balaban J connectivity index is 1.90. The molecule has 3 nitrogen and oxygen atoms in total. The number of halogens is 2. The van der Waals surface area contributed by atoms with E-state index in [2.05, 4.69) is 5.32 Å². The van der Waals surface area contributed by atoms with Crippen molar-refractivity contribution in [3.63, 3.8) is 0 Å². The number of hydrogen-bond donors (Lipinski definition) is 2. The molecular formula is C18H20ClFN2O. The van der Waals surface area contributed by atoms with E-state index in [1.165, 1.54) is 23.8 Å². The lowest BCUT2D eigenvalue weighted by Crippen LogP contribution is -2.38. The Hall–Kier alpha value is -1.65. The maximum absolute atomic E-state index is 15.5. The molecule has 3 N–H and O–H groups in total. The Kier molecular flexibility index (Phi) is 4.55. The van der Waals surface area contributed by atoms with Crippen LogP contribution < -0.4 is 11.1 Å². The minimum absolute atomic E-state index is 0.269. The minimum atomic E-state index is -2.00. The van der Waals surface area contributed by atoms with Gasteiger partial charge in [0.1, 0.15) is 0 Å². The summed E-state index contributed by atoms with van der Waals surface area (Å²) in [6.07, 6.45) is 6.49. The maximum atomic E-state index is 15.5. The minimum Gasteiger partial charge on any atom is -0.369 e. The van der Waals surface area contributed by atoms with Crippen LogP contribution in [0.15, 0.2) is 47.5 Å². The van der Waals surface area contributed by atoms with Crippen molar-refractivity contribution >= 4 is 17.5 Å². The normalized spacial score (nSPS) is 30.8. The molecule has 1 saturated heterocycles. The van der Waals surface area contributed by atoms with Crippen LogP contribution in [-0.4, -0.2) is 19.0 Å². The van der Waals surface area contributed by atoms with Crippen molar-refractivity contribution in [3.8, 4) is 0 Å². The van der Waals surface area contributed by atoms with Crippen LogP contribution in [0.4, 0.5) is 4.39 Å². The van der Waals surface area contributed by atoms with E-state index in [9.17, 15) is 4.79 Å². The van der Waals surface area contributed by atoms with Crippen LogP contribution in [0.2, 0.25) is 0 Å². The summed E-state index contributed by atoms with van der Waals surface area (Å²) in [5.41, 5.74) is 4.94. The average Bonchev–Trinajstić information content (AvgIpc) is 2.55. The van der Waals surface area contributed by atoms with E-state index in [-0.39, 0.29) is 5.03 Å². The van der Waals surface area contributed by atoms with Gasteiger partial charge in [-0.2, -0.15) is 0 Å². The van der Waals surface area contributed by atoms with Gasteiger partial charge in [0.05, 0.1) is 5.92 Å². The average molecular weight is 335 g/mol. The van der Waals surface area contributed by atoms with E-state index < -0.39 is 17.5 Å². The van der Waals surface area contributed by atoms with Crippen LogP contribution in [-0.2, 0) is 10.5 Å². The molecule has 0 bridgehead atoms. The zero-order chi connectivity index (χ0) is 16.4. The van der Waals surface area contributed by atoms with Gasteiger partial charge in [0.2, 0.25) is 5.91 Å². The van der Waals surface area contributed by atoms with Crippen molar-refractivity contribution in [2.45, 2.75) is 24.4 Å². The monoisotopic (exact) mass is 334 g/mol. The number of nitrogens with two attached hydrogens (primary N) is 1. The highest BCUT2D eigenvalue weighted by Crippen LogP contribution is 2.41. The van der Waals surface area contributed by atoms with Crippen LogP contribution in [0.25, 0.3) is 0 Å². The summed E-state index contributed by atoms with van der Waals surface area (Å²) >= 11 is 5.95. The number of piperidine rings is 1. The first kappa shape index (κ1) is 16.2. The van der Waals surface area contributed by atoms with Gasteiger partial charge < -0.3 is 11.1 Å². The highest BCUT2D eigenvalue weighted by molar-refractivity contribution is 6.31. The van der Waals surface area contributed by atoms with Gasteiger partial charge in [-0.3, -0.25) is 4.79 Å². The van der Waals surface area contributed by atoms with E-state index in [0.717, 1.165) is 25.9 Å². The second kappa shape index (κ2) is 6.46. The highest BCUT2D eigenvalue weighted by atomic mass is 35.5. The molecule has 5 heteroatoms. The van der Waals surface area contributed by atoms with Crippen molar-refractivity contribution in [3.05, 3.63) is 58.7 Å². The van der Waals surface area contributed by atoms with E-state index in [1.807, 2.05) is 12.1 Å². The highest BCUT2D eigenvalue weighted by Gasteiger charge is 2.43. The Bertz CT molecular complexity index is 649. The number of carbonyl (C=O) groups is 1. The molecule has 0 saturated carbocycles. The fourth-order valence-electron chi connectivity index (χ4n) is 3.38. The Morgan fingerprint density at radius 2 is 2.09 bits per heavy atom. The summed E-state index contributed by atoms with van der Waals surface area (Å²) < 4.78 is 15.5. The van der Waals surface area contributed by atoms with Gasteiger partial charge in [-0.25, -0.2) is 4.39 Å². The van der Waals surface area contributed by atoms with Crippen LogP contribution in [0.1, 0.15) is 29.9 Å². The first-order valence-corrected chi connectivity index (χ1v) is 8.24. The lowest BCUT2D eigenvalue weighted by atomic mass is 9.78. The van der Waals surface area contributed by atoms with Gasteiger partial charge in [0.25, 0.3) is 0 Å². The molecule has 2 aliphatic rings. The fraction of sp³-hybridized carbons (Fsp3) is 0.389. The third kappa shape index (κ3) is 3.19. The summed E-state index contributed by atoms with van der Waals surface area (Å²) in [4.78, 5) is 11.6. The SMILES string of the molecule is NC(=O)C1C=CC(Cl)=CC1(F)c1ccc(C2CCCNC2)cc1. The molecule has 3 rings (SSSR count). The molecular weight excluding hydrogens is 315 g/mol. The van der Waals surface area contributed by atoms with Gasteiger partial charge in [0.15, 0.2) is 5.67 Å². The molecule has 1 aliphatic heterocycles. The van der Waals surface area contributed by atoms with Gasteiger partial charge in [-0.05, 0) is 48.6 Å². The number of allylic oxidation sites excluding steroid dienone is 3. The van der Waals surface area contributed by atoms with E-state index in [4.69, 9.17) is 17.3 Å². The summed E-state index contributed by atoms with van der Waals surface area (Å²) in [7, 11) is 0. The number of amides is 1. The molecule has 0 aromatic heterocycles. The van der Waals surface area contributed by atoms with Gasteiger partial charge in [-0.15, -0.1) is 0 Å². The fourth-order valence-corrected chi connectivity index (χ4v) is 3.61. The molecule has 0 radical (unpaired) electrons. The Morgan fingerprint density at radius 3 is 2.70 bits per heavy atom. The van der Waals surface area contributed by atoms with Gasteiger partial charge in [0, 0.05) is 11.6 Å². The standard InChI is InChI=1S/C18H20ClFN2O/c19-15-7-8-16(17(21)23)18(20,10-15)14-5-3-12(4-6-14)13-2-1-9-22-11-13/h3-8,10,13,16,22H,1-2,9,11H2,(H2,21,23). The number of benzene rings is 1. The zero-order valence-corrected chi connectivity index (χ0v) is 13.5. The van der Waals surface area contributed by atoms with Gasteiger partial charge >= 0.3 is 0 Å². The second-order valence-electron chi connectivity index (χ2n) is 6.20. The molecule has 1 heterocycles. The first-order valence-electron chi connectivity index (χ1n) is 7.86. The summed E-state index contributed by atoms with van der Waals surface area (Å²) in [6, 6.07) is 7.35. The van der Waals surface area contributed by atoms with Crippen molar-refractivity contribution in [2.24, 2.45) is 11.7 Å². The Morgan fingerprint density at radius 1 is 1.35 bits per heavy atom. The van der Waals surface area contributed by atoms with Crippen LogP contribution in [0.5, 0.6) is 0 Å². The van der Waals surface area contributed by atoms with E-state index >= 15 is 4.39 Å². The topological polar surface area (TPSA) is 55.1 Å². The summed E-state index contributed by atoms with van der Waals surface area (Å²) in [5.74, 6) is -1.30. The van der Waals surface area contributed by atoms with Crippen LogP contribution in [0.3, 0.4) is 0 Å². The van der Waals surface area contributed by atoms with Crippen LogP contribution >= 0.6 is 11.6 Å². The molecule has 23 heavy (non-hydrogen) atoms. The molecule has 1 aliphatic carbocycles. The number of nitrogens with one attached hydrogen (secondary N) is 1. The number of hydrogen-bond acceptors (Lipinski definition) is 2. The first-order chi connectivity index (χ1) is 11.0. The smallest absolute Gasteiger partial charge is 0.228 e. The van der Waals surface area contributed by atoms with Crippen LogP contribution in [0, 0.1) is 5.92 Å². The quantitative estimate of drug-likeness (QED) is 0.892. The molecule has 1 aromatic rings. The largest absolute Gasteiger partial charge is 0.369 e. The van der Waals surface area contributed by atoms with Gasteiger partial charge in [-0.1, -0.05) is 41.9 Å². The summed E-state index contributed by atoms with van der Waals surface area (Å²) in [6.45, 7) is 2.00. The zero-order valence-electron chi connectivity index (χ0n) is 12.8. The van der Waals surface area contributed by atoms with E-state index in [0.29, 0.717) is 11.5 Å². The third-order valence-corrected chi connectivity index (χ3v) is 4.91. The summed E-state index contributed by atoms with van der Waals surface area (Å²) in [5, 5.41) is 3.64. The molecule has 3 unspecified atom stereocenters. The lowest BCUT2D eigenvalue weighted by molar-refractivity contribution is -0.123. The third-order valence-electron chi connectivity index (χ3n) is 4.68.